The minimum Gasteiger partial charge on any atom is -0.378 e. The SMILES string of the molecule is C[NH+](C)Cc1c(C(=O)N/N=C\c2cccc(F)c2)nnn1-c1nonc1N. The summed E-state index contributed by atoms with van der Waals surface area (Å²) < 4.78 is 19.0. The van der Waals surface area contributed by atoms with Crippen molar-refractivity contribution in [1.29, 1.82) is 0 Å². The van der Waals surface area contributed by atoms with Gasteiger partial charge in [-0.2, -0.15) is 9.78 Å². The van der Waals surface area contributed by atoms with Crippen LogP contribution in [0.3, 0.4) is 0 Å². The van der Waals surface area contributed by atoms with E-state index in [1.165, 1.54) is 23.0 Å². The molecule has 0 aliphatic carbocycles. The van der Waals surface area contributed by atoms with E-state index in [2.05, 4.69) is 35.8 Å². The van der Waals surface area contributed by atoms with Gasteiger partial charge in [-0.3, -0.25) is 4.79 Å². The molecule has 0 radical (unpaired) electrons. The Kier molecular flexibility index (Phi) is 5.17. The minimum absolute atomic E-state index is 0.0194. The maximum absolute atomic E-state index is 13.2. The van der Waals surface area contributed by atoms with Crippen LogP contribution in [0.2, 0.25) is 0 Å². The first-order chi connectivity index (χ1) is 13.0. The van der Waals surface area contributed by atoms with Crippen molar-refractivity contribution in [3.8, 4) is 5.82 Å². The fourth-order valence-electron chi connectivity index (χ4n) is 2.28. The zero-order valence-electron chi connectivity index (χ0n) is 14.5. The first kappa shape index (κ1) is 18.1. The van der Waals surface area contributed by atoms with Gasteiger partial charge >= 0.3 is 0 Å². The van der Waals surface area contributed by atoms with Gasteiger partial charge in [-0.05, 0) is 28.0 Å². The van der Waals surface area contributed by atoms with Crippen LogP contribution in [0.15, 0.2) is 34.0 Å². The number of hydrazone groups is 1. The standard InChI is InChI=1S/C15H16FN9O2/c1-24(2)8-11-12(19-23-25(11)14-13(17)21-27-22-14)15(26)20-18-7-9-4-3-5-10(16)6-9/h3-7H,8H2,1-2H3,(H2,17,21)(H,20,26)/p+1/b18-7-. The zero-order chi connectivity index (χ0) is 19.4. The van der Waals surface area contributed by atoms with Crippen molar-refractivity contribution in [1.82, 2.24) is 30.7 Å². The van der Waals surface area contributed by atoms with E-state index in [9.17, 15) is 9.18 Å². The summed E-state index contributed by atoms with van der Waals surface area (Å²) in [6, 6.07) is 5.79. The second-order valence-corrected chi connectivity index (χ2v) is 5.91. The molecule has 1 aromatic carbocycles. The van der Waals surface area contributed by atoms with Gasteiger partial charge in [0.25, 0.3) is 5.91 Å². The lowest BCUT2D eigenvalue weighted by atomic mass is 10.2. The third-order valence-corrected chi connectivity index (χ3v) is 3.42. The Morgan fingerprint density at radius 1 is 1.44 bits per heavy atom. The van der Waals surface area contributed by atoms with Crippen molar-refractivity contribution in [2.75, 3.05) is 19.8 Å². The zero-order valence-corrected chi connectivity index (χ0v) is 14.5. The monoisotopic (exact) mass is 374 g/mol. The molecule has 12 heteroatoms. The molecule has 2 heterocycles. The van der Waals surface area contributed by atoms with Crippen LogP contribution in [0, 0.1) is 5.82 Å². The summed E-state index contributed by atoms with van der Waals surface area (Å²) in [5.41, 5.74) is 9.05. The maximum atomic E-state index is 13.2. The number of halogens is 1. The summed E-state index contributed by atoms with van der Waals surface area (Å²) in [6.07, 6.45) is 1.32. The summed E-state index contributed by atoms with van der Waals surface area (Å²) in [5, 5.41) is 18.8. The highest BCUT2D eigenvalue weighted by Crippen LogP contribution is 2.15. The summed E-state index contributed by atoms with van der Waals surface area (Å²) in [4.78, 5) is 13.5. The summed E-state index contributed by atoms with van der Waals surface area (Å²) in [5.74, 6) is -0.824. The van der Waals surface area contributed by atoms with Crippen LogP contribution in [0.5, 0.6) is 0 Å². The van der Waals surface area contributed by atoms with Crippen molar-refractivity contribution in [2.45, 2.75) is 6.54 Å². The number of carbonyl (C=O) groups excluding carboxylic acids is 1. The molecule has 3 aromatic rings. The molecule has 11 nitrogen and oxygen atoms in total. The van der Waals surface area contributed by atoms with Gasteiger partial charge in [0.05, 0.1) is 20.3 Å². The molecular formula is C15H17FN9O2+. The molecule has 0 fully saturated rings. The van der Waals surface area contributed by atoms with E-state index in [1.54, 1.807) is 12.1 Å². The van der Waals surface area contributed by atoms with Crippen LogP contribution in [-0.2, 0) is 6.54 Å². The van der Waals surface area contributed by atoms with Crippen LogP contribution in [0.1, 0.15) is 21.7 Å². The van der Waals surface area contributed by atoms with Crippen molar-refractivity contribution in [3.05, 3.63) is 47.0 Å². The number of nitrogen functional groups attached to an aromatic ring is 1. The lowest BCUT2D eigenvalue weighted by molar-refractivity contribution is -0.873. The second kappa shape index (κ2) is 7.70. The number of aromatic nitrogens is 5. The van der Waals surface area contributed by atoms with Gasteiger partial charge in [0.1, 0.15) is 18.1 Å². The van der Waals surface area contributed by atoms with Gasteiger partial charge in [-0.1, -0.05) is 17.3 Å². The highest BCUT2D eigenvalue weighted by molar-refractivity contribution is 5.94. The van der Waals surface area contributed by atoms with Gasteiger partial charge in [-0.15, -0.1) is 5.10 Å². The predicted octanol–water partition coefficient (Wildman–Crippen LogP) is -1.22. The number of nitrogens with one attached hydrogen (secondary N) is 2. The van der Waals surface area contributed by atoms with Crippen molar-refractivity contribution < 1.29 is 18.7 Å². The topological polar surface area (TPSA) is 142 Å². The lowest BCUT2D eigenvalue weighted by Gasteiger charge is -2.08. The van der Waals surface area contributed by atoms with Gasteiger partial charge in [0.2, 0.25) is 11.6 Å². The normalized spacial score (nSPS) is 11.4. The largest absolute Gasteiger partial charge is 0.378 e. The summed E-state index contributed by atoms with van der Waals surface area (Å²) >= 11 is 0. The smallest absolute Gasteiger partial charge is 0.294 e. The average Bonchev–Trinajstić information content (AvgIpc) is 3.20. The molecule has 0 saturated heterocycles. The van der Waals surface area contributed by atoms with E-state index >= 15 is 0 Å². The Morgan fingerprint density at radius 3 is 2.93 bits per heavy atom. The Labute approximate surface area is 152 Å². The number of nitrogens with two attached hydrogens (primary N) is 1. The van der Waals surface area contributed by atoms with Crippen LogP contribution in [0.4, 0.5) is 10.2 Å². The van der Waals surface area contributed by atoms with Gasteiger partial charge in [0, 0.05) is 0 Å². The number of anilines is 1. The number of rotatable bonds is 6. The first-order valence-corrected chi connectivity index (χ1v) is 7.86. The van der Waals surface area contributed by atoms with Crippen molar-refractivity contribution in [2.24, 2.45) is 5.10 Å². The molecule has 3 rings (SSSR count). The minimum atomic E-state index is -0.583. The predicted molar refractivity (Wildman–Crippen MR) is 91.6 cm³/mol. The molecule has 0 aliphatic heterocycles. The molecule has 0 bridgehead atoms. The number of benzene rings is 1. The fourth-order valence-corrected chi connectivity index (χ4v) is 2.28. The third kappa shape index (κ3) is 4.12. The molecule has 0 spiro atoms. The molecule has 2 aromatic heterocycles. The lowest BCUT2D eigenvalue weighted by Crippen LogP contribution is -3.04. The maximum Gasteiger partial charge on any atom is 0.294 e. The van der Waals surface area contributed by atoms with E-state index in [1.807, 2.05) is 14.1 Å². The molecule has 1 amide bonds. The van der Waals surface area contributed by atoms with E-state index in [0.717, 1.165) is 4.90 Å². The Morgan fingerprint density at radius 2 is 2.26 bits per heavy atom. The number of amides is 1. The summed E-state index contributed by atoms with van der Waals surface area (Å²) in [7, 11) is 3.79. The number of quaternary nitrogens is 1. The van der Waals surface area contributed by atoms with Crippen LogP contribution < -0.4 is 16.1 Å². The molecule has 0 saturated carbocycles. The van der Waals surface area contributed by atoms with Gasteiger partial charge in [0.15, 0.2) is 5.69 Å². The second-order valence-electron chi connectivity index (χ2n) is 5.91. The molecule has 0 unspecified atom stereocenters. The van der Waals surface area contributed by atoms with Crippen LogP contribution in [0.25, 0.3) is 5.82 Å². The van der Waals surface area contributed by atoms with E-state index in [0.29, 0.717) is 17.8 Å². The van der Waals surface area contributed by atoms with E-state index in [-0.39, 0.29) is 17.3 Å². The van der Waals surface area contributed by atoms with Crippen molar-refractivity contribution >= 4 is 17.9 Å². The molecular weight excluding hydrogens is 357 g/mol. The molecule has 0 atom stereocenters. The first-order valence-electron chi connectivity index (χ1n) is 7.86. The number of hydrogen-bond donors (Lipinski definition) is 3. The number of carbonyl (C=O) groups is 1. The van der Waals surface area contributed by atoms with Crippen molar-refractivity contribution in [3.63, 3.8) is 0 Å². The Balaban J connectivity index is 1.84. The molecule has 27 heavy (non-hydrogen) atoms. The number of hydrogen-bond acceptors (Lipinski definition) is 8. The van der Waals surface area contributed by atoms with Gasteiger partial charge in [-0.25, -0.2) is 14.4 Å². The van der Waals surface area contributed by atoms with Gasteiger partial charge < -0.3 is 10.6 Å². The van der Waals surface area contributed by atoms with Crippen LogP contribution in [-0.4, -0.2) is 51.5 Å². The highest BCUT2D eigenvalue weighted by Gasteiger charge is 2.25. The van der Waals surface area contributed by atoms with E-state index < -0.39 is 11.7 Å². The highest BCUT2D eigenvalue weighted by atomic mass is 19.1. The molecule has 4 N–H and O–H groups in total. The summed E-state index contributed by atoms with van der Waals surface area (Å²) in [6.45, 7) is 0.398. The Bertz CT molecular complexity index is 979. The number of nitrogens with zero attached hydrogens (tertiary/aromatic N) is 6. The quantitative estimate of drug-likeness (QED) is 0.363. The fraction of sp³-hybridized carbons (Fsp3) is 0.200. The van der Waals surface area contributed by atoms with E-state index in [4.69, 9.17) is 5.73 Å². The third-order valence-electron chi connectivity index (χ3n) is 3.42. The van der Waals surface area contributed by atoms with Crippen LogP contribution >= 0.6 is 0 Å². The molecule has 0 aliphatic rings. The Hall–Kier alpha value is -3.67. The average molecular weight is 374 g/mol. The molecule has 140 valence electrons.